The van der Waals surface area contributed by atoms with Crippen LogP contribution >= 0.6 is 0 Å². The van der Waals surface area contributed by atoms with Gasteiger partial charge in [-0.25, -0.2) is 4.39 Å². The number of rotatable bonds is 2. The molecule has 0 unspecified atom stereocenters. The highest BCUT2D eigenvalue weighted by atomic mass is 19.1. The molecule has 0 aromatic heterocycles. The zero-order valence-electron chi connectivity index (χ0n) is 7.46. The molecule has 0 amide bonds. The van der Waals surface area contributed by atoms with Gasteiger partial charge < -0.3 is 10.5 Å². The molecule has 0 saturated heterocycles. The summed E-state index contributed by atoms with van der Waals surface area (Å²) in [5, 5.41) is 8.54. The van der Waals surface area contributed by atoms with Gasteiger partial charge in [0.2, 0.25) is 0 Å². The molecule has 2 N–H and O–H groups in total. The van der Waals surface area contributed by atoms with Gasteiger partial charge in [0.1, 0.15) is 17.6 Å². The van der Waals surface area contributed by atoms with Crippen molar-refractivity contribution in [2.75, 3.05) is 5.73 Å². The van der Waals surface area contributed by atoms with Gasteiger partial charge in [-0.05, 0) is 18.9 Å². The smallest absolute Gasteiger partial charge is 0.145 e. The van der Waals surface area contributed by atoms with Gasteiger partial charge in [0.05, 0.1) is 17.4 Å². The maximum atomic E-state index is 13.1. The summed E-state index contributed by atoms with van der Waals surface area (Å²) in [4.78, 5) is 0. The first-order chi connectivity index (χ1) is 6.70. The quantitative estimate of drug-likeness (QED) is 0.727. The molecule has 1 fully saturated rings. The molecule has 2 rings (SSSR count). The Kier molecular flexibility index (Phi) is 2.01. The molecule has 0 atom stereocenters. The van der Waals surface area contributed by atoms with Gasteiger partial charge in [-0.3, -0.25) is 0 Å². The van der Waals surface area contributed by atoms with Crippen molar-refractivity contribution >= 4 is 5.69 Å². The van der Waals surface area contributed by atoms with E-state index < -0.39 is 5.82 Å². The molecule has 72 valence electrons. The van der Waals surface area contributed by atoms with E-state index in [1.54, 1.807) is 6.07 Å². The van der Waals surface area contributed by atoms with Crippen LogP contribution in [0.2, 0.25) is 0 Å². The molecular formula is C10H9FN2O. The van der Waals surface area contributed by atoms with E-state index >= 15 is 0 Å². The van der Waals surface area contributed by atoms with Gasteiger partial charge in [-0.2, -0.15) is 5.26 Å². The second kappa shape index (κ2) is 3.18. The molecule has 0 aliphatic heterocycles. The van der Waals surface area contributed by atoms with Crippen molar-refractivity contribution in [3.05, 3.63) is 23.5 Å². The van der Waals surface area contributed by atoms with Crippen LogP contribution in [-0.2, 0) is 0 Å². The third-order valence-corrected chi connectivity index (χ3v) is 2.04. The van der Waals surface area contributed by atoms with Crippen LogP contribution in [0.3, 0.4) is 0 Å². The number of anilines is 1. The Morgan fingerprint density at radius 3 is 2.79 bits per heavy atom. The molecule has 0 heterocycles. The first-order valence-corrected chi connectivity index (χ1v) is 4.36. The average Bonchev–Trinajstić information content (AvgIpc) is 2.94. The fraction of sp³-hybridized carbons (Fsp3) is 0.300. The van der Waals surface area contributed by atoms with E-state index in [9.17, 15) is 4.39 Å². The number of nitrogens with two attached hydrogens (primary N) is 1. The predicted molar refractivity (Wildman–Crippen MR) is 49.2 cm³/mol. The Morgan fingerprint density at radius 1 is 1.50 bits per heavy atom. The molecule has 1 aromatic carbocycles. The fourth-order valence-corrected chi connectivity index (χ4v) is 1.12. The largest absolute Gasteiger partial charge is 0.488 e. The monoisotopic (exact) mass is 192 g/mol. The van der Waals surface area contributed by atoms with Gasteiger partial charge in [0.25, 0.3) is 0 Å². The molecule has 0 radical (unpaired) electrons. The summed E-state index contributed by atoms with van der Waals surface area (Å²) < 4.78 is 18.5. The van der Waals surface area contributed by atoms with Crippen molar-refractivity contribution in [2.24, 2.45) is 0 Å². The first-order valence-electron chi connectivity index (χ1n) is 4.36. The molecule has 0 bridgehead atoms. The van der Waals surface area contributed by atoms with E-state index in [1.165, 1.54) is 12.1 Å². The Bertz CT molecular complexity index is 407. The minimum Gasteiger partial charge on any atom is -0.488 e. The second-order valence-corrected chi connectivity index (χ2v) is 3.30. The van der Waals surface area contributed by atoms with Crippen molar-refractivity contribution < 1.29 is 9.13 Å². The highest BCUT2D eigenvalue weighted by Crippen LogP contribution is 2.31. The van der Waals surface area contributed by atoms with Crippen LogP contribution in [0.25, 0.3) is 0 Å². The van der Waals surface area contributed by atoms with Crippen molar-refractivity contribution in [3.8, 4) is 11.8 Å². The summed E-state index contributed by atoms with van der Waals surface area (Å²) in [6, 6.07) is 4.19. The minimum absolute atomic E-state index is 0.0503. The molecule has 1 aliphatic rings. The van der Waals surface area contributed by atoms with Crippen LogP contribution in [0.1, 0.15) is 18.4 Å². The summed E-state index contributed by atoms with van der Waals surface area (Å²) in [5.74, 6) is -0.249. The van der Waals surface area contributed by atoms with Crippen LogP contribution in [0.5, 0.6) is 5.75 Å². The van der Waals surface area contributed by atoms with Crippen molar-refractivity contribution in [3.63, 3.8) is 0 Å². The van der Waals surface area contributed by atoms with E-state index in [0.717, 1.165) is 12.8 Å². The van der Waals surface area contributed by atoms with Gasteiger partial charge in [-0.1, -0.05) is 0 Å². The summed E-state index contributed by atoms with van der Waals surface area (Å²) in [6.45, 7) is 0. The van der Waals surface area contributed by atoms with Gasteiger partial charge in [0.15, 0.2) is 0 Å². The summed E-state index contributed by atoms with van der Waals surface area (Å²) in [7, 11) is 0. The lowest BCUT2D eigenvalue weighted by Gasteiger charge is -2.07. The number of nitrogen functional groups attached to an aromatic ring is 1. The SMILES string of the molecule is N#Cc1cc(N)c(OC2CC2)cc1F. The van der Waals surface area contributed by atoms with Gasteiger partial charge in [0, 0.05) is 6.07 Å². The fourth-order valence-electron chi connectivity index (χ4n) is 1.12. The lowest BCUT2D eigenvalue weighted by Crippen LogP contribution is -2.01. The Hall–Kier alpha value is -1.76. The predicted octanol–water partition coefficient (Wildman–Crippen LogP) is 1.82. The number of benzene rings is 1. The van der Waals surface area contributed by atoms with E-state index in [4.69, 9.17) is 15.7 Å². The summed E-state index contributed by atoms with van der Waals surface area (Å²) in [6.07, 6.45) is 2.15. The molecule has 1 saturated carbocycles. The van der Waals surface area contributed by atoms with Crippen LogP contribution in [0, 0.1) is 17.1 Å². The van der Waals surface area contributed by atoms with Crippen LogP contribution in [0.4, 0.5) is 10.1 Å². The maximum absolute atomic E-state index is 13.1. The lowest BCUT2D eigenvalue weighted by atomic mass is 10.2. The molecule has 14 heavy (non-hydrogen) atoms. The third-order valence-electron chi connectivity index (χ3n) is 2.04. The Labute approximate surface area is 80.9 Å². The zero-order valence-corrected chi connectivity index (χ0v) is 7.46. The lowest BCUT2D eigenvalue weighted by molar-refractivity contribution is 0.303. The average molecular weight is 192 g/mol. The van der Waals surface area contributed by atoms with Crippen molar-refractivity contribution in [1.82, 2.24) is 0 Å². The second-order valence-electron chi connectivity index (χ2n) is 3.30. The number of hydrogen-bond acceptors (Lipinski definition) is 3. The maximum Gasteiger partial charge on any atom is 0.145 e. The van der Waals surface area contributed by atoms with Crippen LogP contribution < -0.4 is 10.5 Å². The van der Waals surface area contributed by atoms with Crippen LogP contribution in [0.15, 0.2) is 12.1 Å². The molecular weight excluding hydrogens is 183 g/mol. The summed E-state index contributed by atoms with van der Waals surface area (Å²) in [5.41, 5.74) is 5.86. The highest BCUT2D eigenvalue weighted by Gasteiger charge is 2.24. The van der Waals surface area contributed by atoms with E-state index in [0.29, 0.717) is 11.4 Å². The number of nitriles is 1. The summed E-state index contributed by atoms with van der Waals surface area (Å²) >= 11 is 0. The zero-order chi connectivity index (χ0) is 10.1. The molecule has 4 heteroatoms. The van der Waals surface area contributed by atoms with Gasteiger partial charge >= 0.3 is 0 Å². The van der Waals surface area contributed by atoms with Crippen LogP contribution in [-0.4, -0.2) is 6.10 Å². The minimum atomic E-state index is -0.586. The molecule has 0 spiro atoms. The van der Waals surface area contributed by atoms with Gasteiger partial charge in [-0.15, -0.1) is 0 Å². The topological polar surface area (TPSA) is 59.0 Å². The normalized spacial score (nSPS) is 14.9. The third kappa shape index (κ3) is 1.62. The number of halogens is 1. The number of hydrogen-bond donors (Lipinski definition) is 1. The molecule has 1 aliphatic carbocycles. The van der Waals surface area contributed by atoms with Crippen molar-refractivity contribution in [1.29, 1.82) is 5.26 Å². The standard InChI is InChI=1S/C10H9FN2O/c11-8-4-10(14-7-1-2-7)9(13)3-6(8)5-12/h3-4,7H,1-2,13H2. The van der Waals surface area contributed by atoms with E-state index in [2.05, 4.69) is 0 Å². The first kappa shape index (κ1) is 8.82. The molecule has 1 aromatic rings. The van der Waals surface area contributed by atoms with Crippen molar-refractivity contribution in [2.45, 2.75) is 18.9 Å². The highest BCUT2D eigenvalue weighted by molar-refractivity contribution is 5.57. The Balaban J connectivity index is 2.32. The molecule has 3 nitrogen and oxygen atoms in total. The number of ether oxygens (including phenoxy) is 1. The Morgan fingerprint density at radius 2 is 2.21 bits per heavy atom. The van der Waals surface area contributed by atoms with E-state index in [1.807, 2.05) is 0 Å². The van der Waals surface area contributed by atoms with E-state index in [-0.39, 0.29) is 11.7 Å². The number of nitrogens with zero attached hydrogens (tertiary/aromatic N) is 1.